The molecule has 0 bridgehead atoms. The third-order valence-electron chi connectivity index (χ3n) is 3.56. The number of ether oxygens (including phenoxy) is 1. The van der Waals surface area contributed by atoms with Crippen molar-refractivity contribution in [3.05, 3.63) is 52.4 Å². The van der Waals surface area contributed by atoms with Gasteiger partial charge in [-0.25, -0.2) is 13.2 Å². The molecular formula is C15H14ClNO4S2. The van der Waals surface area contributed by atoms with Gasteiger partial charge in [0.1, 0.15) is 10.8 Å². The molecule has 1 amide bonds. The van der Waals surface area contributed by atoms with Gasteiger partial charge in [-0.05, 0) is 23.6 Å². The van der Waals surface area contributed by atoms with E-state index in [4.69, 9.17) is 15.4 Å². The van der Waals surface area contributed by atoms with Crippen LogP contribution in [0.1, 0.15) is 16.0 Å². The Morgan fingerprint density at radius 2 is 2.04 bits per heavy atom. The van der Waals surface area contributed by atoms with Crippen molar-refractivity contribution < 1.29 is 17.9 Å². The summed E-state index contributed by atoms with van der Waals surface area (Å²) in [6.07, 6.45) is 0.196. The number of hydrogen-bond acceptors (Lipinski definition) is 5. The van der Waals surface area contributed by atoms with Gasteiger partial charge in [-0.3, -0.25) is 0 Å². The van der Waals surface area contributed by atoms with Crippen molar-refractivity contribution >= 4 is 37.2 Å². The molecule has 0 spiro atoms. The first-order chi connectivity index (χ1) is 10.9. The highest BCUT2D eigenvalue weighted by atomic mass is 35.7. The lowest BCUT2D eigenvalue weighted by Gasteiger charge is -2.26. The number of carbonyl (C=O) groups excluding carboxylic acids is 1. The van der Waals surface area contributed by atoms with Crippen molar-refractivity contribution in [2.24, 2.45) is 0 Å². The van der Waals surface area contributed by atoms with E-state index in [1.54, 1.807) is 11.0 Å². The Hall–Kier alpha value is -1.57. The van der Waals surface area contributed by atoms with Crippen LogP contribution in [0.15, 0.2) is 40.6 Å². The van der Waals surface area contributed by atoms with Crippen LogP contribution in [0.25, 0.3) is 0 Å². The summed E-state index contributed by atoms with van der Waals surface area (Å²) >= 11 is 1.11. The summed E-state index contributed by atoms with van der Waals surface area (Å²) in [6.45, 7) is 1.06. The monoisotopic (exact) mass is 371 g/mol. The molecule has 2 heterocycles. The molecule has 0 N–H and O–H groups in total. The Labute approximate surface area is 142 Å². The molecule has 1 aromatic heterocycles. The van der Waals surface area contributed by atoms with Gasteiger partial charge in [0.25, 0.3) is 9.05 Å². The van der Waals surface area contributed by atoms with Crippen LogP contribution in [0.3, 0.4) is 0 Å². The van der Waals surface area contributed by atoms with Crippen LogP contribution < -0.4 is 0 Å². The summed E-state index contributed by atoms with van der Waals surface area (Å²) in [7, 11) is 1.65. The van der Waals surface area contributed by atoms with Gasteiger partial charge in [-0.1, -0.05) is 30.3 Å². The van der Waals surface area contributed by atoms with E-state index in [0.717, 1.165) is 27.3 Å². The van der Waals surface area contributed by atoms with Gasteiger partial charge >= 0.3 is 6.09 Å². The first kappa shape index (κ1) is 16.3. The number of thiophene rings is 1. The number of rotatable bonds is 3. The minimum atomic E-state index is -3.72. The average molecular weight is 372 g/mol. The fraction of sp³-hybridized carbons (Fsp3) is 0.267. The van der Waals surface area contributed by atoms with Crippen LogP contribution in [0.5, 0.6) is 0 Å². The molecule has 0 saturated heterocycles. The Morgan fingerprint density at radius 3 is 2.74 bits per heavy atom. The van der Waals surface area contributed by atoms with Gasteiger partial charge in [0, 0.05) is 22.1 Å². The maximum Gasteiger partial charge on any atom is 0.410 e. The largest absolute Gasteiger partial charge is 0.445 e. The van der Waals surface area contributed by atoms with Crippen LogP contribution in [0.2, 0.25) is 0 Å². The second-order valence-electron chi connectivity index (χ2n) is 5.16. The molecule has 23 heavy (non-hydrogen) atoms. The highest BCUT2D eigenvalue weighted by molar-refractivity contribution is 8.15. The quantitative estimate of drug-likeness (QED) is 0.776. The molecule has 122 valence electrons. The zero-order valence-corrected chi connectivity index (χ0v) is 14.5. The third-order valence-corrected chi connectivity index (χ3v) is 6.80. The number of fused-ring (bicyclic) bond motifs is 1. The molecule has 8 heteroatoms. The van der Waals surface area contributed by atoms with E-state index in [9.17, 15) is 13.2 Å². The molecule has 0 fully saturated rings. The molecule has 2 aromatic rings. The Morgan fingerprint density at radius 1 is 1.30 bits per heavy atom. The van der Waals surface area contributed by atoms with Crippen molar-refractivity contribution in [1.82, 2.24) is 4.90 Å². The smallest absolute Gasteiger partial charge is 0.410 e. The summed E-state index contributed by atoms with van der Waals surface area (Å²) in [4.78, 5) is 14.6. The van der Waals surface area contributed by atoms with E-state index in [2.05, 4.69) is 0 Å². The van der Waals surface area contributed by atoms with Crippen molar-refractivity contribution in [3.8, 4) is 0 Å². The fourth-order valence-corrected chi connectivity index (χ4v) is 4.74. The predicted octanol–water partition coefficient (Wildman–Crippen LogP) is 3.37. The lowest BCUT2D eigenvalue weighted by molar-refractivity contribution is 0.0923. The maximum absolute atomic E-state index is 12.1. The highest BCUT2D eigenvalue weighted by Gasteiger charge is 2.26. The summed E-state index contributed by atoms with van der Waals surface area (Å²) in [5.74, 6) is 0. The normalized spacial score (nSPS) is 14.4. The van der Waals surface area contributed by atoms with E-state index in [0.29, 0.717) is 19.5 Å². The van der Waals surface area contributed by atoms with Gasteiger partial charge in [0.15, 0.2) is 0 Å². The molecule has 0 radical (unpaired) electrons. The van der Waals surface area contributed by atoms with Crippen LogP contribution >= 0.6 is 22.0 Å². The number of amides is 1. The van der Waals surface area contributed by atoms with Crippen LogP contribution in [-0.4, -0.2) is 26.0 Å². The SMILES string of the molecule is O=C(OCc1ccccc1)N1CCc2cc(S(=O)(=O)Cl)sc2C1. The fourth-order valence-electron chi connectivity index (χ4n) is 2.38. The lowest BCUT2D eigenvalue weighted by atomic mass is 10.1. The summed E-state index contributed by atoms with van der Waals surface area (Å²) in [6, 6.07) is 11.0. The van der Waals surface area contributed by atoms with Crippen molar-refractivity contribution in [2.45, 2.75) is 23.8 Å². The third kappa shape index (κ3) is 3.85. The minimum Gasteiger partial charge on any atom is -0.445 e. The number of nitrogens with zero attached hydrogens (tertiary/aromatic N) is 1. The van der Waals surface area contributed by atoms with E-state index in [1.807, 2.05) is 30.3 Å². The standard InChI is InChI=1S/C15H14ClNO4S2/c16-23(19,20)14-8-12-6-7-17(9-13(12)22-14)15(18)21-10-11-4-2-1-3-5-11/h1-5,8H,6-7,9-10H2. The van der Waals surface area contributed by atoms with Crippen molar-refractivity contribution in [3.63, 3.8) is 0 Å². The zero-order chi connectivity index (χ0) is 16.4. The average Bonchev–Trinajstić information content (AvgIpc) is 2.97. The van der Waals surface area contributed by atoms with E-state index in [-0.39, 0.29) is 10.8 Å². The van der Waals surface area contributed by atoms with Crippen molar-refractivity contribution in [2.75, 3.05) is 6.54 Å². The van der Waals surface area contributed by atoms with E-state index < -0.39 is 15.1 Å². The molecule has 0 saturated carbocycles. The predicted molar refractivity (Wildman–Crippen MR) is 88.1 cm³/mol. The van der Waals surface area contributed by atoms with Gasteiger partial charge in [-0.15, -0.1) is 11.3 Å². The Bertz CT molecular complexity index is 817. The number of halogens is 1. The summed E-state index contributed by atoms with van der Waals surface area (Å²) in [5, 5.41) is 0. The second kappa shape index (κ2) is 6.51. The van der Waals surface area contributed by atoms with Gasteiger partial charge in [0.2, 0.25) is 0 Å². The van der Waals surface area contributed by atoms with E-state index >= 15 is 0 Å². The Kier molecular flexibility index (Phi) is 4.61. The van der Waals surface area contributed by atoms with Crippen LogP contribution in [0.4, 0.5) is 4.79 Å². The van der Waals surface area contributed by atoms with Crippen LogP contribution in [0, 0.1) is 0 Å². The van der Waals surface area contributed by atoms with Crippen LogP contribution in [-0.2, 0) is 33.4 Å². The Balaban J connectivity index is 1.65. The molecule has 0 aliphatic carbocycles. The van der Waals surface area contributed by atoms with Gasteiger partial charge in [0.05, 0.1) is 6.54 Å². The van der Waals surface area contributed by atoms with Gasteiger partial charge < -0.3 is 9.64 Å². The number of carbonyl (C=O) groups is 1. The number of benzene rings is 1. The molecule has 1 aliphatic heterocycles. The van der Waals surface area contributed by atoms with Gasteiger partial charge in [-0.2, -0.15) is 0 Å². The zero-order valence-electron chi connectivity index (χ0n) is 12.1. The topological polar surface area (TPSA) is 63.7 Å². The molecule has 3 rings (SSSR count). The lowest BCUT2D eigenvalue weighted by Crippen LogP contribution is -2.35. The highest BCUT2D eigenvalue weighted by Crippen LogP contribution is 2.32. The van der Waals surface area contributed by atoms with E-state index in [1.165, 1.54) is 0 Å². The van der Waals surface area contributed by atoms with Crippen molar-refractivity contribution in [1.29, 1.82) is 0 Å². The molecule has 1 aliphatic rings. The molecule has 0 unspecified atom stereocenters. The molecule has 5 nitrogen and oxygen atoms in total. The number of hydrogen-bond donors (Lipinski definition) is 0. The second-order valence-corrected chi connectivity index (χ2v) is 9.09. The maximum atomic E-state index is 12.1. The first-order valence-corrected chi connectivity index (χ1v) is 10.1. The molecule has 0 atom stereocenters. The molecular weight excluding hydrogens is 358 g/mol. The molecule has 1 aromatic carbocycles. The summed E-state index contributed by atoms with van der Waals surface area (Å²) in [5.41, 5.74) is 1.85. The first-order valence-electron chi connectivity index (χ1n) is 6.95. The minimum absolute atomic E-state index is 0.128. The summed E-state index contributed by atoms with van der Waals surface area (Å²) < 4.78 is 28.2.